The number of aliphatic hydroxyl groups excluding tert-OH is 2. The fraction of sp³-hybridized carbons (Fsp3) is 1.00. The maximum Gasteiger partial charge on any atom is 0.133 e. The first kappa shape index (κ1) is 9.22. The molecule has 0 aromatic carbocycles. The molecule has 66 valence electrons. The van der Waals surface area contributed by atoms with Gasteiger partial charge in [-0.05, 0) is 0 Å². The fourth-order valence-corrected chi connectivity index (χ4v) is 1.44. The van der Waals surface area contributed by atoms with Crippen molar-refractivity contribution in [2.75, 3.05) is 6.61 Å². The van der Waals surface area contributed by atoms with Crippen LogP contribution in [0.3, 0.4) is 0 Å². The van der Waals surface area contributed by atoms with Crippen LogP contribution in [0.2, 0.25) is 0 Å². The normalized spacial score (nSPS) is 45.8. The molecule has 4 unspecified atom stereocenters. The van der Waals surface area contributed by atoms with Gasteiger partial charge in [0.05, 0.1) is 12.7 Å². The van der Waals surface area contributed by atoms with Gasteiger partial charge in [-0.25, -0.2) is 0 Å². The minimum atomic E-state index is -0.810. The number of ether oxygens (including phenoxy) is 1. The Labute approximate surface area is 69.9 Å². The number of nitrogens with two attached hydrogens (primary N) is 1. The Bertz CT molecular complexity index is 135. The van der Waals surface area contributed by atoms with E-state index in [-0.39, 0.29) is 6.61 Å². The first-order valence-corrected chi connectivity index (χ1v) is 3.93. The lowest BCUT2D eigenvalue weighted by molar-refractivity contribution is -0.117. The quantitative estimate of drug-likeness (QED) is 0.455. The van der Waals surface area contributed by atoms with Crippen molar-refractivity contribution in [3.8, 4) is 0 Å². The van der Waals surface area contributed by atoms with E-state index in [1.807, 2.05) is 0 Å². The summed E-state index contributed by atoms with van der Waals surface area (Å²) >= 11 is 5.63. The van der Waals surface area contributed by atoms with Crippen molar-refractivity contribution in [3.05, 3.63) is 0 Å². The van der Waals surface area contributed by atoms with Crippen molar-refractivity contribution < 1.29 is 14.9 Å². The minimum absolute atomic E-state index is 0.252. The maximum absolute atomic E-state index is 9.29. The van der Waals surface area contributed by atoms with Gasteiger partial charge >= 0.3 is 0 Å². The second-order valence-electron chi connectivity index (χ2n) is 2.66. The largest absolute Gasteiger partial charge is 0.394 e. The molecule has 0 aliphatic carbocycles. The number of aliphatic hydroxyl groups is 2. The molecular formula is C6H12ClNO3. The number of halogens is 1. The van der Waals surface area contributed by atoms with Crippen molar-refractivity contribution in [2.45, 2.75) is 30.2 Å². The average Bonchev–Trinajstić information content (AvgIpc) is 1.96. The molecule has 1 heterocycles. The molecule has 0 radical (unpaired) electrons. The zero-order chi connectivity index (χ0) is 8.43. The number of alkyl halides is 1. The predicted octanol–water partition coefficient (Wildman–Crippen LogP) is -0.979. The Morgan fingerprint density at radius 1 is 1.64 bits per heavy atom. The molecule has 0 spiro atoms. The van der Waals surface area contributed by atoms with E-state index < -0.39 is 23.8 Å². The zero-order valence-electron chi connectivity index (χ0n) is 5.98. The van der Waals surface area contributed by atoms with Crippen molar-refractivity contribution in [3.63, 3.8) is 0 Å². The van der Waals surface area contributed by atoms with Gasteiger partial charge in [-0.15, -0.1) is 0 Å². The summed E-state index contributed by atoms with van der Waals surface area (Å²) in [6.45, 7) is -0.252. The summed E-state index contributed by atoms with van der Waals surface area (Å²) in [5, 5.41) is 18.0. The van der Waals surface area contributed by atoms with Crippen LogP contribution in [0.5, 0.6) is 0 Å². The molecule has 1 fully saturated rings. The van der Waals surface area contributed by atoms with Crippen LogP contribution in [-0.2, 0) is 4.74 Å². The lowest BCUT2D eigenvalue weighted by Gasteiger charge is -2.34. The summed E-state index contributed by atoms with van der Waals surface area (Å²) in [5.74, 6) is 0. The summed E-state index contributed by atoms with van der Waals surface area (Å²) in [4.78, 5) is 0. The predicted molar refractivity (Wildman–Crippen MR) is 40.2 cm³/mol. The van der Waals surface area contributed by atoms with Gasteiger partial charge in [0, 0.05) is 12.5 Å². The minimum Gasteiger partial charge on any atom is -0.394 e. The lowest BCUT2D eigenvalue weighted by atomic mass is 10.0. The van der Waals surface area contributed by atoms with Crippen LogP contribution in [-0.4, -0.2) is 40.6 Å². The Morgan fingerprint density at radius 3 is 2.82 bits per heavy atom. The summed E-state index contributed by atoms with van der Waals surface area (Å²) in [6, 6.07) is -0.400. The van der Waals surface area contributed by atoms with Crippen molar-refractivity contribution in [1.82, 2.24) is 0 Å². The number of hydrogen-bond donors (Lipinski definition) is 3. The van der Waals surface area contributed by atoms with E-state index in [2.05, 4.69) is 0 Å². The molecule has 5 heteroatoms. The molecular weight excluding hydrogens is 170 g/mol. The molecule has 4 atom stereocenters. The second-order valence-corrected chi connectivity index (χ2v) is 3.14. The highest BCUT2D eigenvalue weighted by Gasteiger charge is 2.34. The van der Waals surface area contributed by atoms with Crippen LogP contribution >= 0.6 is 11.6 Å². The molecule has 1 aliphatic rings. The molecule has 11 heavy (non-hydrogen) atoms. The van der Waals surface area contributed by atoms with Gasteiger partial charge in [-0.1, -0.05) is 11.6 Å². The first-order valence-electron chi connectivity index (χ1n) is 3.49. The molecule has 0 aromatic heterocycles. The molecule has 4 N–H and O–H groups in total. The highest BCUT2D eigenvalue weighted by molar-refractivity contribution is 6.19. The van der Waals surface area contributed by atoms with E-state index in [4.69, 9.17) is 27.2 Å². The topological polar surface area (TPSA) is 75.7 Å². The van der Waals surface area contributed by atoms with Crippen molar-refractivity contribution in [1.29, 1.82) is 0 Å². The summed E-state index contributed by atoms with van der Waals surface area (Å²) in [7, 11) is 0. The van der Waals surface area contributed by atoms with Gasteiger partial charge in [0.2, 0.25) is 0 Å². The number of hydrogen-bond acceptors (Lipinski definition) is 4. The number of rotatable bonds is 1. The van der Waals surface area contributed by atoms with Gasteiger partial charge in [0.15, 0.2) is 0 Å². The second kappa shape index (κ2) is 3.69. The summed E-state index contributed by atoms with van der Waals surface area (Å²) in [6.07, 6.45) is -1.03. The smallest absolute Gasteiger partial charge is 0.133 e. The summed E-state index contributed by atoms with van der Waals surface area (Å²) < 4.78 is 5.00. The molecule has 1 saturated heterocycles. The third-order valence-electron chi connectivity index (χ3n) is 1.78. The van der Waals surface area contributed by atoms with Crippen molar-refractivity contribution in [2.24, 2.45) is 5.73 Å². The molecule has 1 rings (SSSR count). The van der Waals surface area contributed by atoms with E-state index in [1.54, 1.807) is 0 Å². The molecule has 4 nitrogen and oxygen atoms in total. The fourth-order valence-electron chi connectivity index (χ4n) is 1.11. The van der Waals surface area contributed by atoms with E-state index in [0.717, 1.165) is 0 Å². The Kier molecular flexibility index (Phi) is 3.09. The van der Waals surface area contributed by atoms with Crippen LogP contribution in [0, 0.1) is 0 Å². The van der Waals surface area contributed by atoms with Gasteiger partial charge < -0.3 is 20.7 Å². The lowest BCUT2D eigenvalue weighted by Crippen LogP contribution is -2.52. The van der Waals surface area contributed by atoms with Crippen LogP contribution < -0.4 is 5.73 Å². The molecule has 0 saturated carbocycles. The third kappa shape index (κ3) is 2.04. The van der Waals surface area contributed by atoms with Gasteiger partial charge in [0.1, 0.15) is 11.7 Å². The molecule has 1 aliphatic heterocycles. The maximum atomic E-state index is 9.29. The third-order valence-corrected chi connectivity index (χ3v) is 2.06. The van der Waals surface area contributed by atoms with E-state index in [0.29, 0.717) is 6.42 Å². The monoisotopic (exact) mass is 181 g/mol. The highest BCUT2D eigenvalue weighted by atomic mass is 35.5. The summed E-state index contributed by atoms with van der Waals surface area (Å²) in [5.41, 5.74) is 5.01. The molecule has 0 amide bonds. The van der Waals surface area contributed by atoms with Crippen LogP contribution in [0.4, 0.5) is 0 Å². The van der Waals surface area contributed by atoms with E-state index in [9.17, 15) is 5.11 Å². The van der Waals surface area contributed by atoms with E-state index in [1.165, 1.54) is 0 Å². The van der Waals surface area contributed by atoms with Crippen LogP contribution in [0.15, 0.2) is 0 Å². The van der Waals surface area contributed by atoms with E-state index >= 15 is 0 Å². The Balaban J connectivity index is 2.51. The molecule has 0 aromatic rings. The Hall–Kier alpha value is 0.130. The standard InChI is InChI=1S/C6H12ClNO3/c7-5-1-3(8)6(10)4(2-9)11-5/h3-6,9-10H,1-2,8H2. The highest BCUT2D eigenvalue weighted by Crippen LogP contribution is 2.20. The van der Waals surface area contributed by atoms with Gasteiger partial charge in [0.25, 0.3) is 0 Å². The zero-order valence-corrected chi connectivity index (χ0v) is 6.74. The van der Waals surface area contributed by atoms with Crippen LogP contribution in [0.1, 0.15) is 6.42 Å². The molecule has 0 bridgehead atoms. The Morgan fingerprint density at radius 2 is 2.27 bits per heavy atom. The van der Waals surface area contributed by atoms with Crippen molar-refractivity contribution >= 4 is 11.6 Å². The van der Waals surface area contributed by atoms with Gasteiger partial charge in [-0.2, -0.15) is 0 Å². The average molecular weight is 182 g/mol. The SMILES string of the molecule is NC1CC(Cl)OC(CO)C1O. The van der Waals surface area contributed by atoms with Gasteiger partial charge in [-0.3, -0.25) is 0 Å². The van der Waals surface area contributed by atoms with Crippen LogP contribution in [0.25, 0.3) is 0 Å². The first-order chi connectivity index (χ1) is 5.15.